The van der Waals surface area contributed by atoms with E-state index in [9.17, 15) is 18.0 Å². The molecule has 8 heteroatoms. The second kappa shape index (κ2) is 6.04. The maximum absolute atomic E-state index is 12.5. The van der Waals surface area contributed by atoms with E-state index in [-0.39, 0.29) is 5.56 Å². The summed E-state index contributed by atoms with van der Waals surface area (Å²) in [5.74, 6) is -0.485. The number of pyridine rings is 1. The van der Waals surface area contributed by atoms with Crippen LogP contribution in [0.1, 0.15) is 41.3 Å². The van der Waals surface area contributed by atoms with E-state index >= 15 is 0 Å². The molecule has 0 spiro atoms. The molecule has 22 heavy (non-hydrogen) atoms. The zero-order valence-electron chi connectivity index (χ0n) is 11.9. The summed E-state index contributed by atoms with van der Waals surface area (Å²) >= 11 is 1.41. The summed E-state index contributed by atoms with van der Waals surface area (Å²) in [4.78, 5) is 19.7. The Bertz CT molecular complexity index is 640. The second-order valence-electron chi connectivity index (χ2n) is 4.91. The number of rotatable bonds is 4. The lowest BCUT2D eigenvalue weighted by atomic mass is 9.99. The third kappa shape index (κ3) is 3.44. The third-order valence-corrected chi connectivity index (χ3v) is 4.35. The first-order valence-corrected chi connectivity index (χ1v) is 7.40. The molecule has 0 saturated carbocycles. The average molecular weight is 329 g/mol. The number of hydrogen-bond acceptors (Lipinski definition) is 4. The predicted octanol–water partition coefficient (Wildman–Crippen LogP) is 3.61. The zero-order chi connectivity index (χ0) is 16.4. The summed E-state index contributed by atoms with van der Waals surface area (Å²) in [5, 5.41) is 5.35. The van der Waals surface area contributed by atoms with Crippen molar-refractivity contribution in [3.8, 4) is 0 Å². The van der Waals surface area contributed by atoms with Crippen LogP contribution < -0.4 is 5.32 Å². The molecule has 0 aromatic carbocycles. The van der Waals surface area contributed by atoms with Crippen LogP contribution in [0.5, 0.6) is 0 Å². The summed E-state index contributed by atoms with van der Waals surface area (Å²) in [5.41, 5.74) is -1.63. The number of halogens is 3. The van der Waals surface area contributed by atoms with Gasteiger partial charge in [0.15, 0.2) is 0 Å². The zero-order valence-corrected chi connectivity index (χ0v) is 12.8. The normalized spacial score (nSPS) is 14.4. The summed E-state index contributed by atoms with van der Waals surface area (Å²) in [7, 11) is 0. The van der Waals surface area contributed by atoms with Gasteiger partial charge in [0.2, 0.25) is 0 Å². The molecule has 0 saturated heterocycles. The number of thiazole rings is 1. The lowest BCUT2D eigenvalue weighted by Gasteiger charge is -2.27. The van der Waals surface area contributed by atoms with E-state index in [2.05, 4.69) is 15.3 Å². The highest BCUT2D eigenvalue weighted by Gasteiger charge is 2.33. The highest BCUT2D eigenvalue weighted by Crippen LogP contribution is 2.28. The molecule has 0 fully saturated rings. The van der Waals surface area contributed by atoms with Gasteiger partial charge in [-0.3, -0.25) is 9.78 Å². The van der Waals surface area contributed by atoms with Crippen molar-refractivity contribution < 1.29 is 18.0 Å². The minimum Gasteiger partial charge on any atom is -0.340 e. The topological polar surface area (TPSA) is 54.9 Å². The summed E-state index contributed by atoms with van der Waals surface area (Å²) in [6, 6.07) is 1.91. The van der Waals surface area contributed by atoms with E-state index in [0.717, 1.165) is 23.3 Å². The number of alkyl halides is 3. The van der Waals surface area contributed by atoms with Crippen molar-refractivity contribution in [2.24, 2.45) is 0 Å². The van der Waals surface area contributed by atoms with Crippen LogP contribution in [0, 0.1) is 0 Å². The molecule has 1 atom stereocenters. The molecule has 2 rings (SSSR count). The highest BCUT2D eigenvalue weighted by molar-refractivity contribution is 7.09. The fraction of sp³-hybridized carbons (Fsp3) is 0.357. The first-order valence-electron chi connectivity index (χ1n) is 6.52. The summed E-state index contributed by atoms with van der Waals surface area (Å²) in [6.07, 6.45) is -1.36. The second-order valence-corrected chi connectivity index (χ2v) is 5.80. The van der Waals surface area contributed by atoms with E-state index in [1.54, 1.807) is 11.6 Å². The Morgan fingerprint density at radius 1 is 1.32 bits per heavy atom. The van der Waals surface area contributed by atoms with Crippen molar-refractivity contribution in [1.82, 2.24) is 15.3 Å². The third-order valence-electron chi connectivity index (χ3n) is 3.32. The van der Waals surface area contributed by atoms with E-state index in [4.69, 9.17) is 0 Å². The fourth-order valence-electron chi connectivity index (χ4n) is 1.81. The minimum absolute atomic E-state index is 0.0734. The van der Waals surface area contributed by atoms with Gasteiger partial charge in [-0.2, -0.15) is 13.2 Å². The maximum Gasteiger partial charge on any atom is 0.433 e. The quantitative estimate of drug-likeness (QED) is 0.932. The Kier molecular flexibility index (Phi) is 4.50. The number of hydrogen-bond donors (Lipinski definition) is 1. The van der Waals surface area contributed by atoms with Gasteiger partial charge < -0.3 is 5.32 Å². The van der Waals surface area contributed by atoms with Gasteiger partial charge in [-0.15, -0.1) is 11.3 Å². The Morgan fingerprint density at radius 2 is 2.05 bits per heavy atom. The van der Waals surface area contributed by atoms with E-state index < -0.39 is 23.3 Å². The van der Waals surface area contributed by atoms with Crippen molar-refractivity contribution in [1.29, 1.82) is 0 Å². The van der Waals surface area contributed by atoms with Crippen LogP contribution in [0.25, 0.3) is 0 Å². The average Bonchev–Trinajstić information content (AvgIpc) is 3.01. The van der Waals surface area contributed by atoms with Crippen molar-refractivity contribution in [3.05, 3.63) is 46.2 Å². The van der Waals surface area contributed by atoms with Crippen LogP contribution in [0.15, 0.2) is 29.9 Å². The minimum atomic E-state index is -4.52. The first kappa shape index (κ1) is 16.4. The van der Waals surface area contributed by atoms with Crippen LogP contribution in [-0.2, 0) is 11.7 Å². The van der Waals surface area contributed by atoms with E-state index in [0.29, 0.717) is 6.42 Å². The van der Waals surface area contributed by atoms with Crippen molar-refractivity contribution in [2.75, 3.05) is 0 Å². The molecular weight excluding hydrogens is 315 g/mol. The van der Waals surface area contributed by atoms with Gasteiger partial charge in [0.25, 0.3) is 5.91 Å². The molecule has 0 aliphatic rings. The van der Waals surface area contributed by atoms with Crippen LogP contribution in [0.3, 0.4) is 0 Å². The molecule has 0 aliphatic heterocycles. The van der Waals surface area contributed by atoms with Gasteiger partial charge in [0.05, 0.1) is 11.1 Å². The molecule has 4 nitrogen and oxygen atoms in total. The SMILES string of the molecule is CCC(C)(NC(=O)c1ccc(C(F)(F)F)nc1)c1nccs1. The molecule has 0 aliphatic carbocycles. The molecule has 0 bridgehead atoms. The fourth-order valence-corrected chi connectivity index (χ4v) is 2.64. The number of carbonyl (C=O) groups is 1. The Morgan fingerprint density at radius 3 is 2.50 bits per heavy atom. The van der Waals surface area contributed by atoms with Gasteiger partial charge in [-0.25, -0.2) is 4.98 Å². The largest absolute Gasteiger partial charge is 0.433 e. The number of carbonyl (C=O) groups excluding carboxylic acids is 1. The van der Waals surface area contributed by atoms with E-state index in [1.807, 2.05) is 13.8 Å². The predicted molar refractivity (Wildman–Crippen MR) is 76.5 cm³/mol. The van der Waals surface area contributed by atoms with Gasteiger partial charge in [-0.05, 0) is 25.5 Å². The van der Waals surface area contributed by atoms with Crippen LogP contribution in [0.2, 0.25) is 0 Å². The summed E-state index contributed by atoms with van der Waals surface area (Å²) < 4.78 is 37.4. The summed E-state index contributed by atoms with van der Waals surface area (Å²) in [6.45, 7) is 3.72. The molecule has 1 amide bonds. The molecule has 1 unspecified atom stereocenters. The highest BCUT2D eigenvalue weighted by atomic mass is 32.1. The van der Waals surface area contributed by atoms with Crippen molar-refractivity contribution in [3.63, 3.8) is 0 Å². The molecule has 1 N–H and O–H groups in total. The van der Waals surface area contributed by atoms with Crippen molar-refractivity contribution >= 4 is 17.2 Å². The van der Waals surface area contributed by atoms with Gasteiger partial charge >= 0.3 is 6.18 Å². The number of aromatic nitrogens is 2. The van der Waals surface area contributed by atoms with Crippen LogP contribution in [-0.4, -0.2) is 15.9 Å². The standard InChI is InChI=1S/C14H14F3N3OS/c1-3-13(2,12-18-6-7-22-12)20-11(21)9-4-5-10(19-8-9)14(15,16)17/h4-8H,3H2,1-2H3,(H,20,21). The van der Waals surface area contributed by atoms with E-state index in [1.165, 1.54) is 11.3 Å². The molecular formula is C14H14F3N3OS. The van der Waals surface area contributed by atoms with Crippen LogP contribution in [0.4, 0.5) is 13.2 Å². The molecule has 0 radical (unpaired) electrons. The Balaban J connectivity index is 2.18. The molecule has 2 aromatic rings. The lowest BCUT2D eigenvalue weighted by molar-refractivity contribution is -0.141. The lowest BCUT2D eigenvalue weighted by Crippen LogP contribution is -2.43. The van der Waals surface area contributed by atoms with Gasteiger partial charge in [-0.1, -0.05) is 6.92 Å². The van der Waals surface area contributed by atoms with Gasteiger partial charge in [0.1, 0.15) is 10.7 Å². The van der Waals surface area contributed by atoms with Crippen molar-refractivity contribution in [2.45, 2.75) is 32.0 Å². The number of amides is 1. The molecule has 118 valence electrons. The number of nitrogens with one attached hydrogen (secondary N) is 1. The first-order chi connectivity index (χ1) is 10.3. The van der Waals surface area contributed by atoms with Crippen LogP contribution >= 0.6 is 11.3 Å². The smallest absolute Gasteiger partial charge is 0.340 e. The monoisotopic (exact) mass is 329 g/mol. The molecule has 2 aromatic heterocycles. The maximum atomic E-state index is 12.5. The Labute approximate surface area is 129 Å². The Hall–Kier alpha value is -1.96. The number of nitrogens with zero attached hydrogens (tertiary/aromatic N) is 2. The molecule has 2 heterocycles. The van der Waals surface area contributed by atoms with Gasteiger partial charge in [0, 0.05) is 17.8 Å².